The SMILES string of the molecule is C#CCN(C)C1=C(O)C(=O)NC1=O. The van der Waals surface area contributed by atoms with Crippen LogP contribution in [0, 0.1) is 12.3 Å². The summed E-state index contributed by atoms with van der Waals surface area (Å²) >= 11 is 0. The summed E-state index contributed by atoms with van der Waals surface area (Å²) in [6, 6.07) is 0. The molecule has 0 atom stereocenters. The number of nitrogens with one attached hydrogen (secondary N) is 1. The van der Waals surface area contributed by atoms with Crippen molar-refractivity contribution in [1.82, 2.24) is 10.2 Å². The van der Waals surface area contributed by atoms with Gasteiger partial charge in [0.1, 0.15) is 0 Å². The standard InChI is InChI=1S/C8H8N2O3/c1-3-4-10(2)5-6(11)8(13)9-7(5)12/h1H,4H2,2H3,(H2,9,11,12,13). The smallest absolute Gasteiger partial charge is 0.295 e. The van der Waals surface area contributed by atoms with Gasteiger partial charge in [0.25, 0.3) is 11.8 Å². The fraction of sp³-hybridized carbons (Fsp3) is 0.250. The van der Waals surface area contributed by atoms with Gasteiger partial charge in [-0.3, -0.25) is 14.9 Å². The van der Waals surface area contributed by atoms with Gasteiger partial charge in [-0.1, -0.05) is 5.92 Å². The van der Waals surface area contributed by atoms with Crippen LogP contribution in [0.3, 0.4) is 0 Å². The average molecular weight is 180 g/mol. The number of imide groups is 1. The van der Waals surface area contributed by atoms with Gasteiger partial charge in [0, 0.05) is 7.05 Å². The van der Waals surface area contributed by atoms with E-state index >= 15 is 0 Å². The molecule has 1 aliphatic heterocycles. The Morgan fingerprint density at radius 2 is 2.15 bits per heavy atom. The van der Waals surface area contributed by atoms with Crippen LogP contribution < -0.4 is 5.32 Å². The molecule has 68 valence electrons. The fourth-order valence-electron chi connectivity index (χ4n) is 1.01. The average Bonchev–Trinajstić information content (AvgIpc) is 2.27. The topological polar surface area (TPSA) is 69.6 Å². The lowest BCUT2D eigenvalue weighted by Gasteiger charge is -2.14. The van der Waals surface area contributed by atoms with Gasteiger partial charge in [0.2, 0.25) is 5.76 Å². The molecule has 1 rings (SSSR count). The first-order chi connectivity index (χ1) is 6.07. The van der Waals surface area contributed by atoms with E-state index in [4.69, 9.17) is 11.5 Å². The highest BCUT2D eigenvalue weighted by Crippen LogP contribution is 2.12. The molecule has 0 aromatic rings. The van der Waals surface area contributed by atoms with Crippen molar-refractivity contribution in [3.8, 4) is 12.3 Å². The third kappa shape index (κ3) is 1.47. The Kier molecular flexibility index (Phi) is 2.24. The molecule has 13 heavy (non-hydrogen) atoms. The number of carbonyl (C=O) groups excluding carboxylic acids is 2. The molecule has 0 radical (unpaired) electrons. The van der Waals surface area contributed by atoms with Crippen LogP contribution in [0.4, 0.5) is 0 Å². The highest BCUT2D eigenvalue weighted by molar-refractivity contribution is 6.17. The maximum atomic E-state index is 11.1. The predicted octanol–water partition coefficient (Wildman–Crippen LogP) is -1.02. The van der Waals surface area contributed by atoms with Crippen LogP contribution >= 0.6 is 0 Å². The molecule has 0 aromatic heterocycles. The van der Waals surface area contributed by atoms with Crippen molar-refractivity contribution in [3.05, 3.63) is 11.5 Å². The highest BCUT2D eigenvalue weighted by Gasteiger charge is 2.32. The fourth-order valence-corrected chi connectivity index (χ4v) is 1.01. The minimum atomic E-state index is -0.788. The lowest BCUT2D eigenvalue weighted by atomic mass is 10.3. The molecule has 0 saturated carbocycles. The zero-order valence-corrected chi connectivity index (χ0v) is 7.00. The summed E-state index contributed by atoms with van der Waals surface area (Å²) in [5.74, 6) is 0.296. The molecule has 5 heteroatoms. The molecule has 5 nitrogen and oxygen atoms in total. The number of likely N-dealkylation sites (N-methyl/N-ethyl adjacent to an activating group) is 1. The van der Waals surface area contributed by atoms with Crippen molar-refractivity contribution in [2.75, 3.05) is 13.6 Å². The largest absolute Gasteiger partial charge is 0.501 e. The molecular weight excluding hydrogens is 172 g/mol. The highest BCUT2D eigenvalue weighted by atomic mass is 16.3. The summed E-state index contributed by atoms with van der Waals surface area (Å²) in [6.07, 6.45) is 5.01. The molecule has 2 N–H and O–H groups in total. The van der Waals surface area contributed by atoms with Crippen molar-refractivity contribution in [1.29, 1.82) is 0 Å². The van der Waals surface area contributed by atoms with Gasteiger partial charge in [-0.25, -0.2) is 0 Å². The number of amides is 2. The van der Waals surface area contributed by atoms with E-state index in [2.05, 4.69) is 5.92 Å². The lowest BCUT2D eigenvalue weighted by molar-refractivity contribution is -0.125. The first-order valence-corrected chi connectivity index (χ1v) is 3.51. The minimum absolute atomic E-state index is 0.0806. The Bertz CT molecular complexity index is 338. The van der Waals surface area contributed by atoms with Crippen molar-refractivity contribution in [3.63, 3.8) is 0 Å². The molecule has 0 bridgehead atoms. The summed E-state index contributed by atoms with van der Waals surface area (Å²) in [7, 11) is 1.52. The molecule has 0 unspecified atom stereocenters. The summed E-state index contributed by atoms with van der Waals surface area (Å²) in [5, 5.41) is 11.1. The molecular formula is C8H8N2O3. The monoisotopic (exact) mass is 180 g/mol. The van der Waals surface area contributed by atoms with E-state index in [1.165, 1.54) is 11.9 Å². The molecule has 0 aliphatic carbocycles. The quantitative estimate of drug-likeness (QED) is 0.421. The molecule has 0 spiro atoms. The summed E-state index contributed by atoms with van der Waals surface area (Å²) in [5.41, 5.74) is -0.0806. The van der Waals surface area contributed by atoms with E-state index < -0.39 is 17.6 Å². The first kappa shape index (κ1) is 9.13. The Morgan fingerprint density at radius 1 is 1.54 bits per heavy atom. The van der Waals surface area contributed by atoms with Crippen molar-refractivity contribution >= 4 is 11.8 Å². The number of carbonyl (C=O) groups is 2. The third-order valence-corrected chi connectivity index (χ3v) is 1.59. The summed E-state index contributed by atoms with van der Waals surface area (Å²) < 4.78 is 0. The van der Waals surface area contributed by atoms with Crippen LogP contribution in [-0.4, -0.2) is 35.4 Å². The normalized spacial score (nSPS) is 15.7. The second-order valence-electron chi connectivity index (χ2n) is 2.54. The van der Waals surface area contributed by atoms with Gasteiger partial charge in [-0.15, -0.1) is 6.42 Å². The molecule has 1 heterocycles. The number of hydrogen-bond donors (Lipinski definition) is 2. The van der Waals surface area contributed by atoms with Crippen LogP contribution in [0.1, 0.15) is 0 Å². The van der Waals surface area contributed by atoms with E-state index in [1.807, 2.05) is 5.32 Å². The molecule has 2 amide bonds. The number of terminal acetylenes is 1. The van der Waals surface area contributed by atoms with Crippen molar-refractivity contribution < 1.29 is 14.7 Å². The van der Waals surface area contributed by atoms with Gasteiger partial charge in [-0.05, 0) is 0 Å². The Balaban J connectivity index is 2.96. The van der Waals surface area contributed by atoms with Gasteiger partial charge in [0.15, 0.2) is 5.70 Å². The summed E-state index contributed by atoms with van der Waals surface area (Å²) in [6.45, 7) is 0.153. The zero-order chi connectivity index (χ0) is 10.0. The maximum Gasteiger partial charge on any atom is 0.295 e. The van der Waals surface area contributed by atoms with E-state index in [0.29, 0.717) is 0 Å². The Labute approximate surface area is 75.0 Å². The third-order valence-electron chi connectivity index (χ3n) is 1.59. The van der Waals surface area contributed by atoms with E-state index in [9.17, 15) is 9.59 Å². The molecule has 0 saturated heterocycles. The lowest BCUT2D eigenvalue weighted by Crippen LogP contribution is -2.28. The predicted molar refractivity (Wildman–Crippen MR) is 44.3 cm³/mol. The van der Waals surface area contributed by atoms with Crippen LogP contribution in [0.5, 0.6) is 0 Å². The van der Waals surface area contributed by atoms with Gasteiger partial charge >= 0.3 is 0 Å². The second kappa shape index (κ2) is 3.19. The van der Waals surface area contributed by atoms with Gasteiger partial charge in [-0.2, -0.15) is 0 Å². The number of nitrogens with zero attached hydrogens (tertiary/aromatic N) is 1. The number of rotatable bonds is 2. The van der Waals surface area contributed by atoms with E-state index in [-0.39, 0.29) is 12.2 Å². The van der Waals surface area contributed by atoms with Crippen molar-refractivity contribution in [2.45, 2.75) is 0 Å². The minimum Gasteiger partial charge on any atom is -0.501 e. The Hall–Kier alpha value is -1.96. The van der Waals surface area contributed by atoms with E-state index in [0.717, 1.165) is 0 Å². The van der Waals surface area contributed by atoms with Crippen molar-refractivity contribution in [2.24, 2.45) is 0 Å². The van der Waals surface area contributed by atoms with Crippen LogP contribution in [0.15, 0.2) is 11.5 Å². The first-order valence-electron chi connectivity index (χ1n) is 3.51. The summed E-state index contributed by atoms with van der Waals surface area (Å²) in [4.78, 5) is 23.2. The molecule has 0 aromatic carbocycles. The molecule has 1 aliphatic rings. The maximum absolute atomic E-state index is 11.1. The second-order valence-corrected chi connectivity index (χ2v) is 2.54. The van der Waals surface area contributed by atoms with Gasteiger partial charge in [0.05, 0.1) is 6.54 Å². The van der Waals surface area contributed by atoms with Crippen LogP contribution in [0.2, 0.25) is 0 Å². The van der Waals surface area contributed by atoms with Gasteiger partial charge < -0.3 is 10.0 Å². The number of aliphatic hydroxyl groups is 1. The zero-order valence-electron chi connectivity index (χ0n) is 7.00. The van der Waals surface area contributed by atoms with Crippen LogP contribution in [0.25, 0.3) is 0 Å². The van der Waals surface area contributed by atoms with E-state index in [1.54, 1.807) is 0 Å². The molecule has 0 fully saturated rings. The Morgan fingerprint density at radius 3 is 2.54 bits per heavy atom. The number of aliphatic hydroxyl groups excluding tert-OH is 1. The number of hydrogen-bond acceptors (Lipinski definition) is 4. The van der Waals surface area contributed by atoms with Crippen LogP contribution in [-0.2, 0) is 9.59 Å².